The van der Waals surface area contributed by atoms with Gasteiger partial charge in [-0.2, -0.15) is 0 Å². The fraction of sp³-hybridized carbons (Fsp3) is 0.250. The quantitative estimate of drug-likeness (QED) is 0.593. The van der Waals surface area contributed by atoms with Crippen LogP contribution in [0.1, 0.15) is 31.4 Å². The van der Waals surface area contributed by atoms with Crippen LogP contribution >= 0.6 is 0 Å². The summed E-state index contributed by atoms with van der Waals surface area (Å²) < 4.78 is 0. The fourth-order valence-electron chi connectivity index (χ4n) is 3.44. The Morgan fingerprint density at radius 1 is 1.31 bits per heavy atom. The van der Waals surface area contributed by atoms with Crippen LogP contribution in [-0.2, 0) is 10.3 Å². The molecule has 6 nitrogen and oxygen atoms in total. The van der Waals surface area contributed by atoms with Gasteiger partial charge in [-0.15, -0.1) is 5.92 Å². The number of pyridine rings is 1. The summed E-state index contributed by atoms with van der Waals surface area (Å²) in [4.78, 5) is 21.4. The minimum Gasteiger partial charge on any atom is -0.346 e. The molecule has 26 heavy (non-hydrogen) atoms. The number of benzene rings is 1. The third kappa shape index (κ3) is 2.40. The van der Waals surface area contributed by atoms with E-state index in [0.717, 1.165) is 33.1 Å². The SMILES string of the molecule is CC#Cc1cnc2[nH]c3ccc(C4(C)CC(=O)N(C)C(=N)N4)cc3c2c1. The number of hydrogen-bond donors (Lipinski definition) is 3. The topological polar surface area (TPSA) is 84.9 Å². The molecule has 4 rings (SSSR count). The first kappa shape index (κ1) is 16.2. The molecule has 3 N–H and O–H groups in total. The molecule has 0 saturated carbocycles. The van der Waals surface area contributed by atoms with Gasteiger partial charge in [-0.3, -0.25) is 15.1 Å². The number of rotatable bonds is 1. The van der Waals surface area contributed by atoms with E-state index >= 15 is 0 Å². The fourth-order valence-corrected chi connectivity index (χ4v) is 3.44. The van der Waals surface area contributed by atoms with Crippen molar-refractivity contribution in [3.63, 3.8) is 0 Å². The number of carbonyl (C=O) groups is 1. The van der Waals surface area contributed by atoms with E-state index in [9.17, 15) is 4.79 Å². The van der Waals surface area contributed by atoms with Crippen LogP contribution in [0, 0.1) is 17.3 Å². The molecule has 1 fully saturated rings. The van der Waals surface area contributed by atoms with Gasteiger partial charge in [0.1, 0.15) is 5.65 Å². The summed E-state index contributed by atoms with van der Waals surface area (Å²) in [5, 5.41) is 13.2. The number of nitrogens with zero attached hydrogens (tertiary/aromatic N) is 2. The molecule has 1 aliphatic rings. The van der Waals surface area contributed by atoms with Crippen LogP contribution in [0.25, 0.3) is 21.9 Å². The second kappa shape index (κ2) is 5.60. The van der Waals surface area contributed by atoms with Gasteiger partial charge < -0.3 is 10.3 Å². The minimum atomic E-state index is -0.618. The summed E-state index contributed by atoms with van der Waals surface area (Å²) in [7, 11) is 1.61. The van der Waals surface area contributed by atoms with Gasteiger partial charge in [0.05, 0.1) is 12.0 Å². The highest BCUT2D eigenvalue weighted by molar-refractivity contribution is 6.06. The molecule has 0 bridgehead atoms. The monoisotopic (exact) mass is 345 g/mol. The van der Waals surface area contributed by atoms with Crippen molar-refractivity contribution in [2.75, 3.05) is 7.05 Å². The summed E-state index contributed by atoms with van der Waals surface area (Å²) in [6.07, 6.45) is 2.06. The number of fused-ring (bicyclic) bond motifs is 3. The van der Waals surface area contributed by atoms with Crippen molar-refractivity contribution in [2.45, 2.75) is 25.8 Å². The van der Waals surface area contributed by atoms with Crippen LogP contribution in [0.2, 0.25) is 0 Å². The molecular weight excluding hydrogens is 326 g/mol. The van der Waals surface area contributed by atoms with Crippen molar-refractivity contribution in [2.24, 2.45) is 0 Å². The number of nitrogens with one attached hydrogen (secondary N) is 3. The van der Waals surface area contributed by atoms with Gasteiger partial charge in [-0.1, -0.05) is 12.0 Å². The summed E-state index contributed by atoms with van der Waals surface area (Å²) >= 11 is 0. The molecule has 1 aromatic carbocycles. The number of aromatic nitrogens is 2. The van der Waals surface area contributed by atoms with E-state index in [4.69, 9.17) is 5.41 Å². The third-order valence-electron chi connectivity index (χ3n) is 4.97. The number of aromatic amines is 1. The molecular formula is C20H19N5O. The molecule has 1 unspecified atom stereocenters. The lowest BCUT2D eigenvalue weighted by molar-refractivity contribution is -0.129. The van der Waals surface area contributed by atoms with Crippen LogP contribution in [0.15, 0.2) is 30.5 Å². The minimum absolute atomic E-state index is 0.0718. The van der Waals surface area contributed by atoms with Crippen LogP contribution in [0.5, 0.6) is 0 Å². The van der Waals surface area contributed by atoms with Gasteiger partial charge >= 0.3 is 0 Å². The van der Waals surface area contributed by atoms with Gasteiger partial charge in [0.2, 0.25) is 5.91 Å². The Morgan fingerprint density at radius 3 is 2.85 bits per heavy atom. The second-order valence-corrected chi connectivity index (χ2v) is 6.82. The summed E-state index contributed by atoms with van der Waals surface area (Å²) in [5.74, 6) is 5.98. The molecule has 1 aliphatic heterocycles. The molecule has 3 aromatic rings. The molecule has 1 amide bonds. The Kier molecular flexibility index (Phi) is 3.48. The number of carbonyl (C=O) groups excluding carboxylic acids is 1. The van der Waals surface area contributed by atoms with E-state index in [1.165, 1.54) is 4.90 Å². The largest absolute Gasteiger partial charge is 0.346 e. The lowest BCUT2D eigenvalue weighted by Crippen LogP contribution is -2.58. The van der Waals surface area contributed by atoms with Crippen molar-refractivity contribution < 1.29 is 4.79 Å². The van der Waals surface area contributed by atoms with E-state index in [1.807, 2.05) is 25.1 Å². The predicted molar refractivity (Wildman–Crippen MR) is 102 cm³/mol. The predicted octanol–water partition coefficient (Wildman–Crippen LogP) is 2.69. The summed E-state index contributed by atoms with van der Waals surface area (Å²) in [6.45, 7) is 3.75. The average molecular weight is 345 g/mol. The number of H-pyrrole nitrogens is 1. The first-order valence-corrected chi connectivity index (χ1v) is 8.39. The Labute approximate surface area is 151 Å². The van der Waals surface area contributed by atoms with Crippen LogP contribution in [0.4, 0.5) is 0 Å². The molecule has 1 saturated heterocycles. The van der Waals surface area contributed by atoms with Crippen molar-refractivity contribution in [3.8, 4) is 11.8 Å². The molecule has 1 atom stereocenters. The number of guanidine groups is 1. The van der Waals surface area contributed by atoms with Crippen molar-refractivity contribution in [1.29, 1.82) is 5.41 Å². The normalized spacial score (nSPS) is 20.2. The summed E-state index contributed by atoms with van der Waals surface area (Å²) in [6, 6.07) is 8.08. The lowest BCUT2D eigenvalue weighted by Gasteiger charge is -2.39. The highest BCUT2D eigenvalue weighted by Crippen LogP contribution is 2.33. The van der Waals surface area contributed by atoms with Crippen LogP contribution in [-0.4, -0.2) is 33.8 Å². The van der Waals surface area contributed by atoms with Crippen LogP contribution < -0.4 is 5.32 Å². The maximum Gasteiger partial charge on any atom is 0.231 e. The Balaban J connectivity index is 1.87. The first-order valence-electron chi connectivity index (χ1n) is 8.39. The zero-order chi connectivity index (χ0) is 18.5. The Hall–Kier alpha value is -3.33. The molecule has 130 valence electrons. The van der Waals surface area contributed by atoms with Crippen molar-refractivity contribution >= 4 is 33.8 Å². The van der Waals surface area contributed by atoms with Gasteiger partial charge in [0, 0.05) is 35.1 Å². The highest BCUT2D eigenvalue weighted by atomic mass is 16.2. The standard InChI is InChI=1S/C20H19N5O/c1-4-5-12-8-15-14-9-13(6-7-16(14)23-18(15)22-11-12)20(2)10-17(26)25(3)19(21)24-20/h6-9,11H,10H2,1-3H3,(H2,21,24)(H,22,23). The smallest absolute Gasteiger partial charge is 0.231 e. The van der Waals surface area contributed by atoms with Gasteiger partial charge in [0.25, 0.3) is 0 Å². The average Bonchev–Trinajstić information content (AvgIpc) is 2.97. The van der Waals surface area contributed by atoms with E-state index in [0.29, 0.717) is 6.42 Å². The third-order valence-corrected chi connectivity index (χ3v) is 4.97. The molecule has 0 spiro atoms. The maximum absolute atomic E-state index is 12.2. The number of hydrogen-bond acceptors (Lipinski definition) is 3. The first-order chi connectivity index (χ1) is 12.4. The van der Waals surface area contributed by atoms with Crippen molar-refractivity contribution in [1.82, 2.24) is 20.2 Å². The van der Waals surface area contributed by atoms with E-state index in [-0.39, 0.29) is 11.9 Å². The number of amides is 1. The van der Waals surface area contributed by atoms with Gasteiger partial charge in [-0.25, -0.2) is 4.98 Å². The summed E-state index contributed by atoms with van der Waals surface area (Å²) in [5.41, 5.74) is 3.00. The second-order valence-electron chi connectivity index (χ2n) is 6.82. The zero-order valence-electron chi connectivity index (χ0n) is 14.9. The Morgan fingerprint density at radius 2 is 2.12 bits per heavy atom. The van der Waals surface area contributed by atoms with E-state index in [1.54, 1.807) is 20.2 Å². The van der Waals surface area contributed by atoms with E-state index in [2.05, 4.69) is 33.2 Å². The molecule has 3 heterocycles. The lowest BCUT2D eigenvalue weighted by atomic mass is 9.86. The van der Waals surface area contributed by atoms with Crippen molar-refractivity contribution in [3.05, 3.63) is 41.6 Å². The molecule has 2 aromatic heterocycles. The van der Waals surface area contributed by atoms with E-state index < -0.39 is 5.54 Å². The van der Waals surface area contributed by atoms with Gasteiger partial charge in [0.15, 0.2) is 5.96 Å². The molecule has 0 radical (unpaired) electrons. The Bertz CT molecular complexity index is 1110. The zero-order valence-corrected chi connectivity index (χ0v) is 14.9. The molecule has 6 heteroatoms. The van der Waals surface area contributed by atoms with Gasteiger partial charge in [-0.05, 0) is 37.6 Å². The highest BCUT2D eigenvalue weighted by Gasteiger charge is 2.38. The van der Waals surface area contributed by atoms with Crippen LogP contribution in [0.3, 0.4) is 0 Å². The molecule has 0 aliphatic carbocycles. The maximum atomic E-state index is 12.2.